The van der Waals surface area contributed by atoms with E-state index >= 15 is 0 Å². The Morgan fingerprint density at radius 2 is 2.03 bits per heavy atom. The number of nitrogens with one attached hydrogen (secondary N) is 1. The molecular formula is C23H28F4N4O4S. The Bertz CT molecular complexity index is 1260. The maximum absolute atomic E-state index is 13.4. The first-order chi connectivity index (χ1) is 16.7. The molecule has 0 radical (unpaired) electrons. The Hall–Kier alpha value is -2.70. The van der Waals surface area contributed by atoms with Crippen molar-refractivity contribution in [3.63, 3.8) is 0 Å². The molecule has 1 aliphatic carbocycles. The number of carbonyl (C=O) groups is 1. The van der Waals surface area contributed by atoms with Gasteiger partial charge in [-0.05, 0) is 46.1 Å². The highest BCUT2D eigenvalue weighted by Gasteiger charge is 2.44. The zero-order valence-corrected chi connectivity index (χ0v) is 20.9. The SMILES string of the molecule is CC(C)n1nc(-c2cncc(OC(F)(F)C(F)F)c2)c2c1C[C@H](C(=O)N[C@@]1(C)CCS(=O)(=O)C1)CC2. The first-order valence-electron chi connectivity index (χ1n) is 11.6. The highest BCUT2D eigenvalue weighted by atomic mass is 32.2. The van der Waals surface area contributed by atoms with Crippen LogP contribution in [0.2, 0.25) is 0 Å². The monoisotopic (exact) mass is 532 g/mol. The molecular weight excluding hydrogens is 504 g/mol. The molecule has 3 heterocycles. The van der Waals surface area contributed by atoms with Crippen molar-refractivity contribution >= 4 is 15.7 Å². The molecule has 1 aliphatic heterocycles. The summed E-state index contributed by atoms with van der Waals surface area (Å²) in [6.07, 6.45) is -4.67. The number of pyridine rings is 1. The van der Waals surface area contributed by atoms with Crippen molar-refractivity contribution in [3.8, 4) is 17.0 Å². The van der Waals surface area contributed by atoms with Crippen molar-refractivity contribution in [2.24, 2.45) is 5.92 Å². The van der Waals surface area contributed by atoms with Gasteiger partial charge in [0.2, 0.25) is 5.91 Å². The number of hydrogen-bond donors (Lipinski definition) is 1. The summed E-state index contributed by atoms with van der Waals surface area (Å²) in [5, 5.41) is 7.57. The maximum atomic E-state index is 13.4. The van der Waals surface area contributed by atoms with Gasteiger partial charge in [-0.2, -0.15) is 22.7 Å². The largest absolute Gasteiger partial charge is 0.461 e. The van der Waals surface area contributed by atoms with Crippen LogP contribution in [0, 0.1) is 5.92 Å². The number of alkyl halides is 4. The fourth-order valence-corrected chi connectivity index (χ4v) is 6.93. The lowest BCUT2D eigenvalue weighted by Crippen LogP contribution is -2.50. The fraction of sp³-hybridized carbons (Fsp3) is 0.609. The van der Waals surface area contributed by atoms with E-state index in [0.29, 0.717) is 36.9 Å². The van der Waals surface area contributed by atoms with Gasteiger partial charge >= 0.3 is 12.5 Å². The zero-order valence-electron chi connectivity index (χ0n) is 20.1. The fourth-order valence-electron chi connectivity index (χ4n) is 4.83. The van der Waals surface area contributed by atoms with Gasteiger partial charge in [-0.1, -0.05) is 0 Å². The Balaban J connectivity index is 1.59. The summed E-state index contributed by atoms with van der Waals surface area (Å²) in [7, 11) is -3.18. The van der Waals surface area contributed by atoms with E-state index in [4.69, 9.17) is 0 Å². The van der Waals surface area contributed by atoms with E-state index in [1.165, 1.54) is 12.3 Å². The molecule has 8 nitrogen and oxygen atoms in total. The second-order valence-electron chi connectivity index (χ2n) is 10.0. The molecule has 4 rings (SSSR count). The Kier molecular flexibility index (Phi) is 6.82. The second-order valence-corrected chi connectivity index (χ2v) is 12.2. The predicted molar refractivity (Wildman–Crippen MR) is 123 cm³/mol. The van der Waals surface area contributed by atoms with Crippen LogP contribution in [-0.2, 0) is 27.5 Å². The van der Waals surface area contributed by atoms with Gasteiger partial charge in [0.15, 0.2) is 9.84 Å². The molecule has 2 aromatic heterocycles. The van der Waals surface area contributed by atoms with Gasteiger partial charge in [-0.15, -0.1) is 0 Å². The molecule has 1 fully saturated rings. The average molecular weight is 533 g/mol. The van der Waals surface area contributed by atoms with Gasteiger partial charge in [-0.3, -0.25) is 14.5 Å². The number of ether oxygens (including phenoxy) is 1. The number of amides is 1. The van der Waals surface area contributed by atoms with E-state index in [1.807, 2.05) is 13.8 Å². The molecule has 2 atom stereocenters. The molecule has 0 spiro atoms. The number of carbonyl (C=O) groups excluding carboxylic acids is 1. The summed E-state index contributed by atoms with van der Waals surface area (Å²) in [6.45, 7) is 5.55. The van der Waals surface area contributed by atoms with Crippen LogP contribution in [0.4, 0.5) is 17.6 Å². The van der Waals surface area contributed by atoms with E-state index in [1.54, 1.807) is 11.6 Å². The van der Waals surface area contributed by atoms with E-state index < -0.39 is 39.6 Å². The lowest BCUT2D eigenvalue weighted by Gasteiger charge is -2.29. The van der Waals surface area contributed by atoms with Crippen LogP contribution in [0.25, 0.3) is 11.3 Å². The molecule has 1 saturated heterocycles. The summed E-state index contributed by atoms with van der Waals surface area (Å²) in [5.41, 5.74) is 1.62. The van der Waals surface area contributed by atoms with Crippen LogP contribution >= 0.6 is 0 Å². The minimum Gasteiger partial charge on any atom is -0.427 e. The molecule has 13 heteroatoms. The van der Waals surface area contributed by atoms with Gasteiger partial charge in [-0.25, -0.2) is 8.42 Å². The lowest BCUT2D eigenvalue weighted by molar-refractivity contribution is -0.253. The first kappa shape index (κ1) is 26.4. The molecule has 2 aliphatic rings. The van der Waals surface area contributed by atoms with Crippen molar-refractivity contribution in [3.05, 3.63) is 29.7 Å². The molecule has 1 N–H and O–H groups in total. The molecule has 0 saturated carbocycles. The van der Waals surface area contributed by atoms with Crippen molar-refractivity contribution in [1.82, 2.24) is 20.1 Å². The number of halogens is 4. The summed E-state index contributed by atoms with van der Waals surface area (Å²) < 4.78 is 81.6. The van der Waals surface area contributed by atoms with Crippen molar-refractivity contribution < 1.29 is 35.5 Å². The van der Waals surface area contributed by atoms with E-state index in [0.717, 1.165) is 17.5 Å². The molecule has 0 aromatic carbocycles. The second kappa shape index (κ2) is 9.31. The summed E-state index contributed by atoms with van der Waals surface area (Å²) in [6, 6.07) is 1.11. The minimum atomic E-state index is -4.66. The van der Waals surface area contributed by atoms with E-state index in [9.17, 15) is 30.8 Å². The van der Waals surface area contributed by atoms with Gasteiger partial charge in [0.25, 0.3) is 0 Å². The molecule has 0 bridgehead atoms. The zero-order chi connectivity index (χ0) is 26.5. The quantitative estimate of drug-likeness (QED) is 0.547. The third-order valence-electron chi connectivity index (χ3n) is 6.58. The van der Waals surface area contributed by atoms with E-state index in [2.05, 4.69) is 20.1 Å². The number of fused-ring (bicyclic) bond motifs is 1. The normalized spacial score (nSPS) is 23.6. The maximum Gasteiger partial charge on any atom is 0.461 e. The van der Waals surface area contributed by atoms with Crippen LogP contribution in [0.5, 0.6) is 5.75 Å². The standard InChI is InChI=1S/C23H28F4N4O4S/c1-13(2)31-18-9-14(20(32)29-22(3)6-7-36(33,34)12-22)4-5-17(18)19(30-31)15-8-16(11-28-10-15)35-23(26,27)21(24)25/h8,10-11,13-14,21H,4-7,9,12H2,1-3H3,(H,29,32)/t14-,22+/m1/s1. The Morgan fingerprint density at radius 3 is 2.64 bits per heavy atom. The van der Waals surface area contributed by atoms with Gasteiger partial charge < -0.3 is 10.1 Å². The first-order valence-corrected chi connectivity index (χ1v) is 13.4. The smallest absolute Gasteiger partial charge is 0.427 e. The minimum absolute atomic E-state index is 0.0438. The van der Waals surface area contributed by atoms with Gasteiger partial charge in [0.1, 0.15) is 5.75 Å². The Labute approximate surface area is 206 Å². The number of sulfone groups is 1. The van der Waals surface area contributed by atoms with Crippen molar-refractivity contribution in [2.75, 3.05) is 11.5 Å². The van der Waals surface area contributed by atoms with Crippen molar-refractivity contribution in [1.29, 1.82) is 0 Å². The van der Waals surface area contributed by atoms with Crippen molar-refractivity contribution in [2.45, 2.75) is 70.6 Å². The highest BCUT2D eigenvalue weighted by molar-refractivity contribution is 7.91. The third kappa shape index (κ3) is 5.35. The topological polar surface area (TPSA) is 103 Å². The molecule has 198 valence electrons. The number of aromatic nitrogens is 3. The average Bonchev–Trinajstić information content (AvgIpc) is 3.29. The van der Waals surface area contributed by atoms with Crippen LogP contribution in [0.3, 0.4) is 0 Å². The van der Waals surface area contributed by atoms with Crippen LogP contribution < -0.4 is 10.1 Å². The van der Waals surface area contributed by atoms with Crippen LogP contribution in [0.1, 0.15) is 50.9 Å². The molecule has 0 unspecified atom stereocenters. The number of rotatable bonds is 7. The number of nitrogens with zero attached hydrogens (tertiary/aromatic N) is 3. The third-order valence-corrected chi connectivity index (χ3v) is 8.49. The van der Waals surface area contributed by atoms with Gasteiger partial charge in [0, 0.05) is 41.4 Å². The summed E-state index contributed by atoms with van der Waals surface area (Å²) in [5.74, 6) is -1.17. The lowest BCUT2D eigenvalue weighted by atomic mass is 9.84. The Morgan fingerprint density at radius 1 is 1.31 bits per heavy atom. The van der Waals surface area contributed by atoms with Gasteiger partial charge in [0.05, 0.1) is 28.9 Å². The van der Waals surface area contributed by atoms with Crippen LogP contribution in [-0.4, -0.2) is 58.7 Å². The predicted octanol–water partition coefficient (Wildman–Crippen LogP) is 3.56. The van der Waals surface area contributed by atoms with Crippen LogP contribution in [0.15, 0.2) is 18.5 Å². The molecule has 2 aromatic rings. The van der Waals surface area contributed by atoms with E-state index in [-0.39, 0.29) is 23.5 Å². The summed E-state index contributed by atoms with van der Waals surface area (Å²) >= 11 is 0. The molecule has 1 amide bonds. The molecule has 36 heavy (non-hydrogen) atoms. The highest BCUT2D eigenvalue weighted by Crippen LogP contribution is 2.37. The summed E-state index contributed by atoms with van der Waals surface area (Å²) in [4.78, 5) is 16.9. The number of hydrogen-bond acceptors (Lipinski definition) is 6.